The topological polar surface area (TPSA) is 108 Å². The largest absolute Gasteiger partial charge is 0.507 e. The van der Waals surface area contributed by atoms with Gasteiger partial charge in [-0.2, -0.15) is 0 Å². The summed E-state index contributed by atoms with van der Waals surface area (Å²) in [5.41, 5.74) is 2.81. The fraction of sp³-hybridized carbons (Fsp3) is 0.143. The minimum atomic E-state index is -0.830. The van der Waals surface area contributed by atoms with Crippen LogP contribution in [0.25, 0.3) is 5.76 Å². The number of aliphatic hydroxyl groups excluding tert-OH is 1. The Hall–Kier alpha value is -4.23. The maximum Gasteiger partial charge on any atom is 0.269 e. The first-order valence-corrected chi connectivity index (χ1v) is 11.9. The fourth-order valence-electron chi connectivity index (χ4n) is 4.97. The van der Waals surface area contributed by atoms with Gasteiger partial charge in [0, 0.05) is 57.6 Å². The molecule has 2 aliphatic rings. The van der Waals surface area contributed by atoms with Crippen molar-refractivity contribution in [2.45, 2.75) is 25.2 Å². The molecule has 0 amide bonds. The highest BCUT2D eigenvalue weighted by Crippen LogP contribution is 2.48. The second-order valence-electron chi connectivity index (χ2n) is 8.71. The van der Waals surface area contributed by atoms with E-state index in [-0.39, 0.29) is 28.6 Å². The highest BCUT2D eigenvalue weighted by molar-refractivity contribution is 6.30. The number of aliphatic hydroxyl groups is 1. The van der Waals surface area contributed by atoms with Crippen LogP contribution < -0.4 is 4.90 Å². The third kappa shape index (κ3) is 4.07. The van der Waals surface area contributed by atoms with E-state index in [0.29, 0.717) is 52.4 Å². The molecule has 1 aliphatic heterocycles. The molecule has 0 fully saturated rings. The van der Waals surface area contributed by atoms with Crippen LogP contribution in [0.5, 0.6) is 0 Å². The number of Topliss-reactive ketones (excluding diaryl/α,β-unsaturated/α-hetero) is 1. The Morgan fingerprint density at radius 1 is 1.03 bits per heavy atom. The number of hydrogen-bond acceptors (Lipinski definition) is 5. The zero-order valence-corrected chi connectivity index (χ0v) is 19.9. The molecule has 3 aromatic rings. The van der Waals surface area contributed by atoms with Gasteiger partial charge in [0.25, 0.3) is 5.69 Å². The van der Waals surface area contributed by atoms with Gasteiger partial charge in [-0.25, -0.2) is 0 Å². The Labute approximate surface area is 212 Å². The number of hydrogen-bond donors (Lipinski definition) is 2. The fourth-order valence-corrected chi connectivity index (χ4v) is 5.10. The molecule has 0 saturated carbocycles. The molecule has 0 radical (unpaired) electrons. The van der Waals surface area contributed by atoms with E-state index in [2.05, 4.69) is 0 Å². The number of rotatable bonds is 4. The lowest BCUT2D eigenvalue weighted by Gasteiger charge is -2.41. The number of anilines is 1. The number of nitrogens with one attached hydrogen (secondary N) is 1. The van der Waals surface area contributed by atoms with Gasteiger partial charge in [-0.15, -0.1) is 0 Å². The number of carbonyl (C=O) groups is 1. The summed E-state index contributed by atoms with van der Waals surface area (Å²) in [6.07, 6.45) is 1.50. The number of amidine groups is 1. The van der Waals surface area contributed by atoms with Crippen LogP contribution >= 0.6 is 11.6 Å². The van der Waals surface area contributed by atoms with Gasteiger partial charge in [0.2, 0.25) is 0 Å². The number of ketones is 1. The number of halogens is 1. The molecule has 0 spiro atoms. The molecule has 0 saturated heterocycles. The van der Waals surface area contributed by atoms with Gasteiger partial charge < -0.3 is 5.11 Å². The van der Waals surface area contributed by atoms with Gasteiger partial charge in [-0.05, 0) is 42.7 Å². The minimum Gasteiger partial charge on any atom is -0.507 e. The van der Waals surface area contributed by atoms with Gasteiger partial charge in [0.1, 0.15) is 11.6 Å². The lowest BCUT2D eigenvalue weighted by atomic mass is 9.73. The van der Waals surface area contributed by atoms with Crippen molar-refractivity contribution >= 4 is 40.4 Å². The molecule has 1 atom stereocenters. The third-order valence-corrected chi connectivity index (χ3v) is 6.81. The second kappa shape index (κ2) is 9.43. The van der Waals surface area contributed by atoms with Crippen molar-refractivity contribution in [3.63, 3.8) is 0 Å². The number of benzene rings is 3. The lowest BCUT2D eigenvalue weighted by Crippen LogP contribution is -2.42. The zero-order chi connectivity index (χ0) is 25.4. The minimum absolute atomic E-state index is 0.00336. The van der Waals surface area contributed by atoms with E-state index in [9.17, 15) is 25.4 Å². The molecule has 1 heterocycles. The average molecular weight is 500 g/mol. The van der Waals surface area contributed by atoms with Gasteiger partial charge in [0.05, 0.1) is 4.92 Å². The molecule has 5 rings (SSSR count). The summed E-state index contributed by atoms with van der Waals surface area (Å²) >= 11 is 6.11. The van der Waals surface area contributed by atoms with Crippen molar-refractivity contribution in [1.29, 1.82) is 5.41 Å². The molecule has 0 bridgehead atoms. The van der Waals surface area contributed by atoms with E-state index in [1.165, 1.54) is 12.1 Å². The number of nitro benzene ring substituents is 1. The summed E-state index contributed by atoms with van der Waals surface area (Å²) in [5, 5.41) is 32.9. The maximum atomic E-state index is 13.5. The number of non-ortho nitro benzene ring substituents is 1. The molecule has 1 aliphatic carbocycles. The molecule has 0 unspecified atom stereocenters. The first-order chi connectivity index (χ1) is 17.4. The van der Waals surface area contributed by atoms with Crippen molar-refractivity contribution in [3.8, 4) is 0 Å². The lowest BCUT2D eigenvalue weighted by molar-refractivity contribution is -0.384. The van der Waals surface area contributed by atoms with Crippen LogP contribution in [0.15, 0.2) is 95.7 Å². The molecule has 180 valence electrons. The average Bonchev–Trinajstić information content (AvgIpc) is 2.89. The quantitative estimate of drug-likeness (QED) is 0.233. The number of allylic oxidation sites excluding steroid dienone is 2. The van der Waals surface area contributed by atoms with Gasteiger partial charge in [0.15, 0.2) is 5.78 Å². The Kier molecular flexibility index (Phi) is 6.16. The van der Waals surface area contributed by atoms with Crippen LogP contribution in [0.4, 0.5) is 11.4 Å². The predicted molar refractivity (Wildman–Crippen MR) is 139 cm³/mol. The van der Waals surface area contributed by atoms with Crippen molar-refractivity contribution in [1.82, 2.24) is 0 Å². The van der Waals surface area contributed by atoms with Gasteiger partial charge in [-0.3, -0.25) is 25.2 Å². The summed E-state index contributed by atoms with van der Waals surface area (Å²) < 4.78 is 0. The molecular weight excluding hydrogens is 478 g/mol. The standard InChI is InChI=1S/C28H22ClN3O4/c29-19-12-14-20(15-13-19)31-22-10-5-11-23(33)25(22)24(18-8-4-9-21(16-18)32(35)36)26(28(31)30)27(34)17-6-2-1-3-7-17/h1-4,6-9,12-16,24,30,34H,5,10-11H2/b27-26+,30-28?/t24-/m1/s1. The van der Waals surface area contributed by atoms with Crippen LogP contribution in [-0.2, 0) is 4.79 Å². The molecule has 0 aromatic heterocycles. The van der Waals surface area contributed by atoms with Crippen LogP contribution in [0.2, 0.25) is 5.02 Å². The van der Waals surface area contributed by atoms with Crippen LogP contribution in [-0.4, -0.2) is 21.6 Å². The summed E-state index contributed by atoms with van der Waals surface area (Å²) in [4.78, 5) is 26.2. The molecule has 8 heteroatoms. The van der Waals surface area contributed by atoms with Gasteiger partial charge >= 0.3 is 0 Å². The molecular formula is C28H22ClN3O4. The Bertz CT molecular complexity index is 1450. The molecule has 7 nitrogen and oxygen atoms in total. The second-order valence-corrected chi connectivity index (χ2v) is 9.15. The summed E-state index contributed by atoms with van der Waals surface area (Å²) in [6, 6.07) is 21.8. The van der Waals surface area contributed by atoms with Crippen molar-refractivity contribution in [2.24, 2.45) is 0 Å². The predicted octanol–water partition coefficient (Wildman–Crippen LogP) is 6.81. The van der Waals surface area contributed by atoms with E-state index in [4.69, 9.17) is 11.6 Å². The highest BCUT2D eigenvalue weighted by atomic mass is 35.5. The molecule has 36 heavy (non-hydrogen) atoms. The summed E-state index contributed by atoms with van der Waals surface area (Å²) in [5.74, 6) is -1.08. The van der Waals surface area contributed by atoms with E-state index < -0.39 is 10.8 Å². The first kappa shape index (κ1) is 23.5. The SMILES string of the molecule is N=C1/C(=C(/O)c2ccccc2)[C@H](c2cccc([N+](=O)[O-])c2)C2=C(CCCC2=O)N1c1ccc(Cl)cc1. The maximum absolute atomic E-state index is 13.5. The summed E-state index contributed by atoms with van der Waals surface area (Å²) in [7, 11) is 0. The highest BCUT2D eigenvalue weighted by Gasteiger charge is 2.43. The van der Waals surface area contributed by atoms with Crippen LogP contribution in [0, 0.1) is 15.5 Å². The van der Waals surface area contributed by atoms with Crippen LogP contribution in [0.1, 0.15) is 36.3 Å². The smallest absolute Gasteiger partial charge is 0.269 e. The number of nitrogens with zero attached hydrogens (tertiary/aromatic N) is 2. The summed E-state index contributed by atoms with van der Waals surface area (Å²) in [6.45, 7) is 0. The zero-order valence-electron chi connectivity index (χ0n) is 19.1. The van der Waals surface area contributed by atoms with Crippen molar-refractivity contribution in [2.75, 3.05) is 4.90 Å². The van der Waals surface area contributed by atoms with Crippen molar-refractivity contribution < 1.29 is 14.8 Å². The normalized spacial score (nSPS) is 19.2. The monoisotopic (exact) mass is 499 g/mol. The van der Waals surface area contributed by atoms with E-state index >= 15 is 0 Å². The van der Waals surface area contributed by atoms with Gasteiger partial charge in [-0.1, -0.05) is 54.1 Å². The Balaban J connectivity index is 1.83. The van der Waals surface area contributed by atoms with E-state index in [1.54, 1.807) is 65.6 Å². The van der Waals surface area contributed by atoms with E-state index in [0.717, 1.165) is 0 Å². The van der Waals surface area contributed by atoms with Crippen LogP contribution in [0.3, 0.4) is 0 Å². The Morgan fingerprint density at radius 2 is 1.75 bits per heavy atom. The first-order valence-electron chi connectivity index (χ1n) is 11.5. The van der Waals surface area contributed by atoms with E-state index in [1.807, 2.05) is 6.07 Å². The Morgan fingerprint density at radius 3 is 2.44 bits per heavy atom. The molecule has 2 N–H and O–H groups in total. The number of carbonyl (C=O) groups excluding carboxylic acids is 1. The number of nitro groups is 1. The van der Waals surface area contributed by atoms with Crippen molar-refractivity contribution in [3.05, 3.63) is 122 Å². The third-order valence-electron chi connectivity index (χ3n) is 6.56. The molecule has 3 aromatic carbocycles.